The van der Waals surface area contributed by atoms with E-state index in [1.807, 2.05) is 0 Å². The van der Waals surface area contributed by atoms with Gasteiger partial charge in [-0.1, -0.05) is 0 Å². The van der Waals surface area contributed by atoms with Gasteiger partial charge in [-0.3, -0.25) is 9.59 Å². The summed E-state index contributed by atoms with van der Waals surface area (Å²) in [5.41, 5.74) is 1.49. The van der Waals surface area contributed by atoms with E-state index in [1.54, 1.807) is 4.90 Å². The molecule has 0 spiro atoms. The Balaban J connectivity index is 1.15. The van der Waals surface area contributed by atoms with Gasteiger partial charge in [-0.15, -0.1) is 13.2 Å². The van der Waals surface area contributed by atoms with Crippen LogP contribution in [0.3, 0.4) is 0 Å². The Morgan fingerprint density at radius 1 is 1.00 bits per heavy atom. The highest BCUT2D eigenvalue weighted by Crippen LogP contribution is 2.60. The van der Waals surface area contributed by atoms with E-state index in [0.29, 0.717) is 42.2 Å². The third-order valence-electron chi connectivity index (χ3n) is 8.38. The Kier molecular flexibility index (Phi) is 5.46. The first-order valence-electron chi connectivity index (χ1n) is 12.5. The predicted molar refractivity (Wildman–Crippen MR) is 123 cm³/mol. The Bertz CT molecular complexity index is 1160. The average molecular weight is 501 g/mol. The summed E-state index contributed by atoms with van der Waals surface area (Å²) in [6.07, 6.45) is 3.78. The molecule has 2 amide bonds. The second-order valence-corrected chi connectivity index (χ2v) is 10.8. The molecule has 1 N–H and O–H groups in total. The number of fused-ring (bicyclic) bond motifs is 1. The Morgan fingerprint density at radius 3 is 2.25 bits per heavy atom. The molecular weight excluding hydrogens is 473 g/mol. The van der Waals surface area contributed by atoms with Gasteiger partial charge in [0.15, 0.2) is 0 Å². The summed E-state index contributed by atoms with van der Waals surface area (Å²) in [6, 6.07) is 4.88. The van der Waals surface area contributed by atoms with Crippen LogP contribution in [0.5, 0.6) is 5.75 Å². The van der Waals surface area contributed by atoms with E-state index in [-0.39, 0.29) is 35.1 Å². The molecule has 10 heteroatoms. The molecule has 4 bridgehead atoms. The topological polar surface area (TPSA) is 84.4 Å². The molecule has 4 saturated carbocycles. The first-order chi connectivity index (χ1) is 17.2. The fraction of sp³-hybridized carbons (Fsp3) is 0.538. The number of hydrogen-bond donors (Lipinski definition) is 1. The molecule has 1 aromatic heterocycles. The number of alkyl halides is 3. The van der Waals surface area contributed by atoms with Crippen molar-refractivity contribution in [2.45, 2.75) is 57.9 Å². The van der Waals surface area contributed by atoms with E-state index in [2.05, 4.69) is 20.0 Å². The lowest BCUT2D eigenvalue weighted by molar-refractivity contribution is -0.274. The second-order valence-electron chi connectivity index (χ2n) is 10.8. The van der Waals surface area contributed by atoms with Gasteiger partial charge in [-0.05, 0) is 87.0 Å². The number of amides is 2. The smallest absolute Gasteiger partial charge is 0.406 e. The number of nitrogens with one attached hydrogen (secondary N) is 1. The summed E-state index contributed by atoms with van der Waals surface area (Å²) < 4.78 is 41.1. The number of nitrogens with zero attached hydrogens (tertiary/aromatic N) is 3. The number of rotatable bonds is 4. The van der Waals surface area contributed by atoms with Crippen molar-refractivity contribution in [3.63, 3.8) is 0 Å². The molecule has 190 valence electrons. The van der Waals surface area contributed by atoms with Crippen LogP contribution >= 0.6 is 0 Å². The minimum Gasteiger partial charge on any atom is -0.406 e. The molecule has 1 aromatic carbocycles. The van der Waals surface area contributed by atoms with Crippen LogP contribution in [0.15, 0.2) is 30.6 Å². The highest BCUT2D eigenvalue weighted by Gasteiger charge is 2.54. The van der Waals surface area contributed by atoms with Crippen molar-refractivity contribution >= 4 is 17.6 Å². The van der Waals surface area contributed by atoms with Gasteiger partial charge < -0.3 is 15.0 Å². The molecule has 5 aliphatic rings. The zero-order chi connectivity index (χ0) is 25.1. The van der Waals surface area contributed by atoms with Crippen molar-refractivity contribution in [1.29, 1.82) is 0 Å². The molecule has 0 unspecified atom stereocenters. The van der Waals surface area contributed by atoms with E-state index in [4.69, 9.17) is 0 Å². The van der Waals surface area contributed by atoms with Crippen LogP contribution in [-0.4, -0.2) is 39.6 Å². The third-order valence-corrected chi connectivity index (χ3v) is 8.38. The van der Waals surface area contributed by atoms with Crippen LogP contribution in [-0.2, 0) is 17.8 Å². The van der Waals surface area contributed by atoms with Crippen molar-refractivity contribution in [2.75, 3.05) is 11.9 Å². The molecule has 2 heterocycles. The van der Waals surface area contributed by atoms with Gasteiger partial charge in [0.05, 0.1) is 17.7 Å². The number of ether oxygens (including phenoxy) is 1. The van der Waals surface area contributed by atoms with Crippen LogP contribution in [0, 0.1) is 23.2 Å². The maximum atomic E-state index is 13.5. The van der Waals surface area contributed by atoms with Gasteiger partial charge >= 0.3 is 6.36 Å². The van der Waals surface area contributed by atoms with E-state index in [1.165, 1.54) is 37.7 Å². The largest absolute Gasteiger partial charge is 0.573 e. The SMILES string of the molecule is O=C(c1ccc(OC(F)(F)F)cc1)N1CCc2c(ncnc2NC(=O)C23CC4CC(CC(C4)C2)C3)C1. The number of carbonyl (C=O) groups excluding carboxylic acids is 2. The van der Waals surface area contributed by atoms with E-state index >= 15 is 0 Å². The molecule has 4 aliphatic carbocycles. The number of anilines is 1. The summed E-state index contributed by atoms with van der Waals surface area (Å²) in [4.78, 5) is 36.8. The molecule has 1 aliphatic heterocycles. The molecule has 2 aromatic rings. The van der Waals surface area contributed by atoms with E-state index in [0.717, 1.165) is 37.0 Å². The first-order valence-corrected chi connectivity index (χ1v) is 12.5. The zero-order valence-electron chi connectivity index (χ0n) is 19.7. The lowest BCUT2D eigenvalue weighted by Gasteiger charge is -2.55. The van der Waals surface area contributed by atoms with E-state index < -0.39 is 6.36 Å². The summed E-state index contributed by atoms with van der Waals surface area (Å²) in [6.45, 7) is 0.623. The van der Waals surface area contributed by atoms with Gasteiger partial charge in [-0.2, -0.15) is 0 Å². The summed E-state index contributed by atoms with van der Waals surface area (Å²) >= 11 is 0. The molecule has 36 heavy (non-hydrogen) atoms. The van der Waals surface area contributed by atoms with Crippen LogP contribution in [0.25, 0.3) is 0 Å². The van der Waals surface area contributed by atoms with Crippen molar-refractivity contribution in [2.24, 2.45) is 23.2 Å². The first kappa shape index (κ1) is 23.2. The molecule has 0 atom stereocenters. The maximum absolute atomic E-state index is 13.5. The van der Waals surface area contributed by atoms with Gasteiger partial charge in [0.25, 0.3) is 5.91 Å². The van der Waals surface area contributed by atoms with Crippen molar-refractivity contribution in [3.05, 3.63) is 47.4 Å². The molecular formula is C26H27F3N4O3. The maximum Gasteiger partial charge on any atom is 0.573 e. The number of carbonyl (C=O) groups is 2. The monoisotopic (exact) mass is 500 g/mol. The van der Waals surface area contributed by atoms with Crippen LogP contribution < -0.4 is 10.1 Å². The average Bonchev–Trinajstić information content (AvgIpc) is 2.82. The standard InChI is InChI=1S/C26H27F3N4O3/c27-26(28,29)36-19-3-1-18(2-4-19)23(34)33-6-5-20-21(13-33)30-14-31-22(20)32-24(35)25-10-15-7-16(11-25)9-17(8-15)12-25/h1-4,14-17H,5-13H2,(H,30,31,32,35). The summed E-state index contributed by atoms with van der Waals surface area (Å²) in [5, 5.41) is 3.13. The van der Waals surface area contributed by atoms with E-state index in [9.17, 15) is 22.8 Å². The second kappa shape index (κ2) is 8.45. The highest BCUT2D eigenvalue weighted by molar-refractivity contribution is 5.96. The Morgan fingerprint density at radius 2 is 1.64 bits per heavy atom. The quantitative estimate of drug-likeness (QED) is 0.656. The van der Waals surface area contributed by atoms with Gasteiger partial charge in [0, 0.05) is 17.7 Å². The summed E-state index contributed by atoms with van der Waals surface area (Å²) in [5.74, 6) is 1.90. The molecule has 0 radical (unpaired) electrons. The molecule has 7 nitrogen and oxygen atoms in total. The minimum absolute atomic E-state index is 0.0715. The number of aromatic nitrogens is 2. The fourth-order valence-electron chi connectivity index (χ4n) is 7.25. The molecule has 4 fully saturated rings. The minimum atomic E-state index is -4.79. The fourth-order valence-corrected chi connectivity index (χ4v) is 7.25. The van der Waals surface area contributed by atoms with Crippen molar-refractivity contribution < 1.29 is 27.5 Å². The lowest BCUT2D eigenvalue weighted by Crippen LogP contribution is -2.52. The Hall–Kier alpha value is -3.17. The molecule has 7 rings (SSSR count). The normalized spacial score (nSPS) is 28.5. The van der Waals surface area contributed by atoms with Gasteiger partial charge in [-0.25, -0.2) is 9.97 Å². The third kappa shape index (κ3) is 4.30. The number of hydrogen-bond acceptors (Lipinski definition) is 5. The number of halogens is 3. The van der Waals surface area contributed by atoms with Gasteiger partial charge in [0.1, 0.15) is 17.9 Å². The highest BCUT2D eigenvalue weighted by atomic mass is 19.4. The summed E-state index contributed by atoms with van der Waals surface area (Å²) in [7, 11) is 0. The Labute approximate surface area is 206 Å². The van der Waals surface area contributed by atoms with Crippen LogP contribution in [0.2, 0.25) is 0 Å². The van der Waals surface area contributed by atoms with Crippen LogP contribution in [0.1, 0.15) is 60.1 Å². The van der Waals surface area contributed by atoms with Crippen LogP contribution in [0.4, 0.5) is 19.0 Å². The van der Waals surface area contributed by atoms with Crippen molar-refractivity contribution in [3.8, 4) is 5.75 Å². The lowest BCUT2D eigenvalue weighted by atomic mass is 9.49. The van der Waals surface area contributed by atoms with Crippen molar-refractivity contribution in [1.82, 2.24) is 14.9 Å². The predicted octanol–water partition coefficient (Wildman–Crippen LogP) is 4.73. The van der Waals surface area contributed by atoms with Gasteiger partial charge in [0.2, 0.25) is 5.91 Å². The zero-order valence-corrected chi connectivity index (χ0v) is 19.7. The number of benzene rings is 1. The molecule has 0 saturated heterocycles.